The van der Waals surface area contributed by atoms with Gasteiger partial charge < -0.3 is 26.2 Å². The molecule has 24 heavy (non-hydrogen) atoms. The number of aliphatic hydroxyl groups excluding tert-OH is 3. The van der Waals surface area contributed by atoms with Gasteiger partial charge in [0, 0.05) is 0 Å². The Kier molecular flexibility index (Phi) is 4.73. The molecule has 13 nitrogen and oxygen atoms in total. The second-order valence-corrected chi connectivity index (χ2v) is 6.24. The third kappa shape index (κ3) is 2.80. The zero-order valence-corrected chi connectivity index (χ0v) is 12.8. The SMILES string of the molecule is N.O=c1[nH]c(S(=O)(=O)O)nc2c1ncn2[C@@H]1O[C@H](CO)[C@@H](O)[C@H]1O. The Morgan fingerprint density at radius 2 is 2.00 bits per heavy atom. The topological polar surface area (TPSA) is 223 Å². The number of hydrogen-bond acceptors (Lipinski definition) is 10. The third-order valence-corrected chi connectivity index (χ3v) is 4.13. The molecular formula is C10H15N5O8S. The molecule has 1 aliphatic heterocycles. The van der Waals surface area contributed by atoms with Crippen LogP contribution in [0, 0.1) is 0 Å². The predicted molar refractivity (Wildman–Crippen MR) is 76.0 cm³/mol. The Morgan fingerprint density at radius 1 is 1.33 bits per heavy atom. The van der Waals surface area contributed by atoms with Gasteiger partial charge in [-0.05, 0) is 0 Å². The molecule has 0 aliphatic carbocycles. The maximum Gasteiger partial charge on any atom is 0.328 e. The van der Waals surface area contributed by atoms with Gasteiger partial charge in [-0.3, -0.25) is 18.9 Å². The molecule has 1 fully saturated rings. The summed E-state index contributed by atoms with van der Waals surface area (Å²) in [5.74, 6) is 0. The Labute approximate surface area is 133 Å². The van der Waals surface area contributed by atoms with Gasteiger partial charge in [-0.15, -0.1) is 0 Å². The summed E-state index contributed by atoms with van der Waals surface area (Å²) < 4.78 is 37.6. The second kappa shape index (κ2) is 6.17. The van der Waals surface area contributed by atoms with E-state index in [0.29, 0.717) is 0 Å². The normalized spacial score (nSPS) is 27.3. The van der Waals surface area contributed by atoms with Crippen LogP contribution < -0.4 is 11.7 Å². The number of aliphatic hydroxyl groups is 3. The molecule has 14 heteroatoms. The molecule has 0 bridgehead atoms. The van der Waals surface area contributed by atoms with Crippen molar-refractivity contribution in [2.45, 2.75) is 29.7 Å². The first-order valence-electron chi connectivity index (χ1n) is 6.31. The zero-order valence-electron chi connectivity index (χ0n) is 12.0. The summed E-state index contributed by atoms with van der Waals surface area (Å²) in [6, 6.07) is 0. The number of aromatic amines is 1. The number of H-pyrrole nitrogens is 1. The summed E-state index contributed by atoms with van der Waals surface area (Å²) in [6.07, 6.45) is -4.14. The highest BCUT2D eigenvalue weighted by Crippen LogP contribution is 2.30. The highest BCUT2D eigenvalue weighted by atomic mass is 32.2. The number of ether oxygens (including phenoxy) is 1. The molecule has 4 atom stereocenters. The van der Waals surface area contributed by atoms with Crippen LogP contribution in [0.1, 0.15) is 6.23 Å². The number of nitrogens with one attached hydrogen (secondary N) is 1. The van der Waals surface area contributed by atoms with E-state index in [9.17, 15) is 23.4 Å². The van der Waals surface area contributed by atoms with Crippen molar-refractivity contribution >= 4 is 21.3 Å². The number of fused-ring (bicyclic) bond motifs is 1. The molecule has 1 aliphatic rings. The molecule has 3 rings (SSSR count). The lowest BCUT2D eigenvalue weighted by Crippen LogP contribution is -2.33. The van der Waals surface area contributed by atoms with Crippen molar-refractivity contribution < 1.29 is 33.0 Å². The number of rotatable bonds is 3. The summed E-state index contributed by atoms with van der Waals surface area (Å²) in [5, 5.41) is 27.8. The van der Waals surface area contributed by atoms with Gasteiger partial charge in [0.15, 0.2) is 17.4 Å². The Morgan fingerprint density at radius 3 is 2.54 bits per heavy atom. The highest BCUT2D eigenvalue weighted by Gasteiger charge is 2.44. The van der Waals surface area contributed by atoms with E-state index in [1.165, 1.54) is 0 Å². The van der Waals surface area contributed by atoms with E-state index in [4.69, 9.17) is 14.4 Å². The van der Waals surface area contributed by atoms with Crippen LogP contribution >= 0.6 is 0 Å². The molecule has 3 heterocycles. The summed E-state index contributed by atoms with van der Waals surface area (Å²) in [5.41, 5.74) is -1.46. The minimum atomic E-state index is -4.78. The summed E-state index contributed by atoms with van der Waals surface area (Å²) >= 11 is 0. The van der Waals surface area contributed by atoms with Gasteiger partial charge in [-0.1, -0.05) is 0 Å². The molecule has 8 N–H and O–H groups in total. The minimum Gasteiger partial charge on any atom is -0.394 e. The quantitative estimate of drug-likeness (QED) is 0.239. The van der Waals surface area contributed by atoms with Gasteiger partial charge in [0.05, 0.1) is 12.9 Å². The fourth-order valence-electron chi connectivity index (χ4n) is 2.32. The van der Waals surface area contributed by atoms with E-state index in [-0.39, 0.29) is 17.3 Å². The monoisotopic (exact) mass is 365 g/mol. The molecule has 0 saturated carbocycles. The van der Waals surface area contributed by atoms with E-state index in [2.05, 4.69) is 9.97 Å². The number of imidazole rings is 1. The molecule has 1 saturated heterocycles. The van der Waals surface area contributed by atoms with E-state index in [1.54, 1.807) is 0 Å². The van der Waals surface area contributed by atoms with E-state index in [1.807, 2.05) is 4.98 Å². The zero-order chi connectivity index (χ0) is 16.9. The Balaban J connectivity index is 0.00000208. The van der Waals surface area contributed by atoms with Gasteiger partial charge in [0.25, 0.3) is 10.7 Å². The maximum atomic E-state index is 11.8. The van der Waals surface area contributed by atoms with Crippen LogP contribution in [0.2, 0.25) is 0 Å². The third-order valence-electron chi connectivity index (χ3n) is 3.45. The van der Waals surface area contributed by atoms with Gasteiger partial charge >= 0.3 is 10.1 Å². The molecule has 0 radical (unpaired) electrons. The highest BCUT2D eigenvalue weighted by molar-refractivity contribution is 7.85. The molecule has 0 amide bonds. The average Bonchev–Trinajstić information content (AvgIpc) is 3.01. The summed E-state index contributed by atoms with van der Waals surface area (Å²) in [4.78, 5) is 21.0. The minimum absolute atomic E-state index is 0. The Hall–Kier alpha value is -1.94. The van der Waals surface area contributed by atoms with Crippen LogP contribution in [0.4, 0.5) is 0 Å². The summed E-state index contributed by atoms with van der Waals surface area (Å²) in [6.45, 7) is -0.564. The lowest BCUT2D eigenvalue weighted by molar-refractivity contribution is -0.0511. The maximum absolute atomic E-state index is 11.8. The van der Waals surface area contributed by atoms with Crippen molar-refractivity contribution in [3.8, 4) is 0 Å². The molecule has 2 aromatic rings. The van der Waals surface area contributed by atoms with Gasteiger partial charge in [0.1, 0.15) is 18.3 Å². The van der Waals surface area contributed by atoms with Crippen LogP contribution in [0.25, 0.3) is 11.2 Å². The Bertz CT molecular complexity index is 908. The molecule has 0 spiro atoms. The van der Waals surface area contributed by atoms with E-state index in [0.717, 1.165) is 10.9 Å². The molecule has 2 aromatic heterocycles. The molecular weight excluding hydrogens is 350 g/mol. The fourth-order valence-corrected chi connectivity index (χ4v) is 2.75. The molecule has 134 valence electrons. The van der Waals surface area contributed by atoms with Gasteiger partial charge in [-0.25, -0.2) is 4.98 Å². The van der Waals surface area contributed by atoms with Crippen molar-refractivity contribution in [3.05, 3.63) is 16.7 Å². The first-order valence-corrected chi connectivity index (χ1v) is 7.75. The average molecular weight is 365 g/mol. The first-order chi connectivity index (χ1) is 10.7. The standard InChI is InChI=1S/C10H12N4O8S.H3N/c15-1-3-5(16)6(17)9(22-3)14-2-11-4-7(14)12-10(13-8(4)18)23(19,20)21;/h2-3,5-6,9,15-17H,1H2,(H,12,13,18)(H,19,20,21);1H3/t3-,5-,6-,9-;/m1./s1. The van der Waals surface area contributed by atoms with Crippen molar-refractivity contribution in [2.24, 2.45) is 0 Å². The van der Waals surface area contributed by atoms with Crippen LogP contribution in [0.3, 0.4) is 0 Å². The fraction of sp³-hybridized carbons (Fsp3) is 0.500. The van der Waals surface area contributed by atoms with Gasteiger partial charge in [-0.2, -0.15) is 13.4 Å². The number of aromatic nitrogens is 4. The van der Waals surface area contributed by atoms with E-state index >= 15 is 0 Å². The van der Waals surface area contributed by atoms with Crippen LogP contribution in [0.15, 0.2) is 16.3 Å². The largest absolute Gasteiger partial charge is 0.394 e. The van der Waals surface area contributed by atoms with Crippen LogP contribution in [-0.4, -0.2) is 72.7 Å². The summed E-state index contributed by atoms with van der Waals surface area (Å²) in [7, 11) is -4.78. The first kappa shape index (κ1) is 18.4. The number of hydrogen-bond donors (Lipinski definition) is 6. The lowest BCUT2D eigenvalue weighted by Gasteiger charge is -2.16. The second-order valence-electron chi connectivity index (χ2n) is 4.90. The lowest BCUT2D eigenvalue weighted by atomic mass is 10.1. The van der Waals surface area contributed by atoms with Crippen LogP contribution in [0.5, 0.6) is 0 Å². The van der Waals surface area contributed by atoms with E-state index < -0.39 is 52.0 Å². The van der Waals surface area contributed by atoms with Crippen molar-refractivity contribution in [1.82, 2.24) is 25.7 Å². The van der Waals surface area contributed by atoms with Crippen molar-refractivity contribution in [2.75, 3.05) is 6.61 Å². The van der Waals surface area contributed by atoms with Crippen molar-refractivity contribution in [1.29, 1.82) is 0 Å². The van der Waals surface area contributed by atoms with Crippen LogP contribution in [-0.2, 0) is 14.9 Å². The number of nitrogens with zero attached hydrogens (tertiary/aromatic N) is 3. The molecule has 0 aromatic carbocycles. The predicted octanol–water partition coefficient (Wildman–Crippen LogP) is -2.86. The smallest absolute Gasteiger partial charge is 0.328 e. The molecule has 0 unspecified atom stereocenters. The van der Waals surface area contributed by atoms with Crippen molar-refractivity contribution in [3.63, 3.8) is 0 Å². The van der Waals surface area contributed by atoms with Gasteiger partial charge in [0.2, 0.25) is 0 Å².